The van der Waals surface area contributed by atoms with Crippen molar-refractivity contribution in [3.8, 4) is 5.75 Å². The Labute approximate surface area is 205 Å². The second-order valence-corrected chi connectivity index (χ2v) is 9.62. The van der Waals surface area contributed by atoms with Gasteiger partial charge in [0.15, 0.2) is 11.5 Å². The largest absolute Gasteiger partial charge is 0.449 e. The lowest BCUT2D eigenvalue weighted by atomic mass is 9.86. The first-order valence-corrected chi connectivity index (χ1v) is 11.5. The zero-order valence-electron chi connectivity index (χ0n) is 19.5. The van der Waals surface area contributed by atoms with Gasteiger partial charge in [-0.25, -0.2) is 0 Å². The number of amides is 2. The van der Waals surface area contributed by atoms with Crippen molar-refractivity contribution in [2.75, 3.05) is 11.4 Å². The van der Waals surface area contributed by atoms with Gasteiger partial charge in [0, 0.05) is 11.6 Å². The maximum Gasteiger partial charge on any atom is 0.294 e. The van der Waals surface area contributed by atoms with Crippen LogP contribution in [0.5, 0.6) is 5.75 Å². The van der Waals surface area contributed by atoms with E-state index in [0.29, 0.717) is 16.5 Å². The van der Waals surface area contributed by atoms with Gasteiger partial charge in [0.1, 0.15) is 6.54 Å². The van der Waals surface area contributed by atoms with E-state index in [9.17, 15) is 9.59 Å². The maximum atomic E-state index is 13.4. The number of carbonyl (C=O) groups excluding carboxylic acids is 2. The highest BCUT2D eigenvalue weighted by molar-refractivity contribution is 6.31. The minimum Gasteiger partial charge on any atom is -0.449 e. The van der Waals surface area contributed by atoms with Crippen molar-refractivity contribution in [1.82, 2.24) is 5.32 Å². The molecule has 5 nitrogen and oxygen atoms in total. The Morgan fingerprint density at radius 1 is 1.03 bits per heavy atom. The molecule has 0 spiro atoms. The number of anilines is 1. The number of fused-ring (bicyclic) bond motifs is 1. The quantitative estimate of drug-likeness (QED) is 0.481. The van der Waals surface area contributed by atoms with Gasteiger partial charge in [-0.05, 0) is 46.4 Å². The van der Waals surface area contributed by atoms with Gasteiger partial charge in [-0.2, -0.15) is 0 Å². The Balaban J connectivity index is 1.64. The molecule has 0 bridgehead atoms. The van der Waals surface area contributed by atoms with Crippen LogP contribution >= 0.6 is 11.6 Å². The molecule has 0 atom stereocenters. The van der Waals surface area contributed by atoms with Gasteiger partial charge >= 0.3 is 0 Å². The normalized spacial score (nSPS) is 14.5. The molecule has 2 amide bonds. The second-order valence-electron chi connectivity index (χ2n) is 9.21. The standard InChI is InChI=1S/C28H27ClN2O3/c1-28(2,3)21-13-14-24-23(16-21)31(18-26(32)30-17-20-11-7-8-12-22(20)29)27(33)25(34-24)15-19-9-5-4-6-10-19/h4-16H,17-18H2,1-3H3,(H,30,32). The molecular formula is C28H27ClN2O3. The molecule has 1 heterocycles. The Hall–Kier alpha value is -3.57. The van der Waals surface area contributed by atoms with E-state index in [-0.39, 0.29) is 36.1 Å². The third-order valence-electron chi connectivity index (χ3n) is 5.62. The molecule has 0 unspecified atom stereocenters. The lowest BCUT2D eigenvalue weighted by molar-refractivity contribution is -0.123. The number of nitrogens with one attached hydrogen (secondary N) is 1. The predicted molar refractivity (Wildman–Crippen MR) is 136 cm³/mol. The van der Waals surface area contributed by atoms with Crippen LogP contribution in [-0.4, -0.2) is 18.4 Å². The molecule has 0 aliphatic carbocycles. The van der Waals surface area contributed by atoms with Crippen molar-refractivity contribution in [3.05, 3.63) is 100 Å². The lowest BCUT2D eigenvalue weighted by Crippen LogP contribution is -2.44. The molecule has 0 saturated heterocycles. The minimum atomic E-state index is -0.365. The fraction of sp³-hybridized carbons (Fsp3) is 0.214. The van der Waals surface area contributed by atoms with Gasteiger partial charge in [0.2, 0.25) is 5.91 Å². The summed E-state index contributed by atoms with van der Waals surface area (Å²) < 4.78 is 5.99. The summed E-state index contributed by atoms with van der Waals surface area (Å²) in [6, 6.07) is 22.6. The van der Waals surface area contributed by atoms with Crippen LogP contribution in [0.1, 0.15) is 37.5 Å². The van der Waals surface area contributed by atoms with E-state index in [1.54, 1.807) is 12.1 Å². The first kappa shape index (κ1) is 23.6. The summed E-state index contributed by atoms with van der Waals surface area (Å²) in [4.78, 5) is 27.8. The van der Waals surface area contributed by atoms with Crippen molar-refractivity contribution in [2.24, 2.45) is 0 Å². The smallest absolute Gasteiger partial charge is 0.294 e. The molecule has 1 N–H and O–H groups in total. The number of hydrogen-bond acceptors (Lipinski definition) is 3. The maximum absolute atomic E-state index is 13.4. The summed E-state index contributed by atoms with van der Waals surface area (Å²) in [7, 11) is 0. The molecule has 174 valence electrons. The highest BCUT2D eigenvalue weighted by atomic mass is 35.5. The first-order valence-electron chi connectivity index (χ1n) is 11.1. The van der Waals surface area contributed by atoms with Gasteiger partial charge in [0.05, 0.1) is 5.69 Å². The number of halogens is 1. The number of rotatable bonds is 5. The van der Waals surface area contributed by atoms with Crippen LogP contribution in [-0.2, 0) is 21.5 Å². The lowest BCUT2D eigenvalue weighted by Gasteiger charge is -2.32. The molecule has 0 fully saturated rings. The molecule has 0 radical (unpaired) electrons. The van der Waals surface area contributed by atoms with Crippen LogP contribution < -0.4 is 15.0 Å². The Kier molecular flexibility index (Phi) is 6.75. The molecule has 3 aromatic rings. The monoisotopic (exact) mass is 474 g/mol. The van der Waals surface area contributed by atoms with Gasteiger partial charge in [0.25, 0.3) is 5.91 Å². The van der Waals surface area contributed by atoms with E-state index in [1.807, 2.05) is 66.7 Å². The number of nitrogens with zero attached hydrogens (tertiary/aromatic N) is 1. The zero-order valence-corrected chi connectivity index (χ0v) is 20.2. The van der Waals surface area contributed by atoms with E-state index < -0.39 is 0 Å². The van der Waals surface area contributed by atoms with Gasteiger partial charge in [-0.3, -0.25) is 14.5 Å². The minimum absolute atomic E-state index is 0.129. The third kappa shape index (κ3) is 5.32. The number of hydrogen-bond donors (Lipinski definition) is 1. The summed E-state index contributed by atoms with van der Waals surface area (Å²) in [5.41, 5.74) is 3.14. The molecule has 1 aliphatic rings. The van der Waals surface area contributed by atoms with Crippen LogP contribution in [0.25, 0.3) is 6.08 Å². The number of benzene rings is 3. The van der Waals surface area contributed by atoms with Crippen molar-refractivity contribution in [3.63, 3.8) is 0 Å². The van der Waals surface area contributed by atoms with E-state index >= 15 is 0 Å². The van der Waals surface area contributed by atoms with Gasteiger partial charge < -0.3 is 10.1 Å². The van der Waals surface area contributed by atoms with Crippen molar-refractivity contribution < 1.29 is 14.3 Å². The number of ether oxygens (including phenoxy) is 1. The SMILES string of the molecule is CC(C)(C)c1ccc2c(c1)N(CC(=O)NCc1ccccc1Cl)C(=O)C(=Cc1ccccc1)O2. The van der Waals surface area contributed by atoms with Crippen molar-refractivity contribution >= 4 is 35.2 Å². The molecule has 0 saturated carbocycles. The fourth-order valence-corrected chi connectivity index (χ4v) is 3.87. The fourth-order valence-electron chi connectivity index (χ4n) is 3.67. The average Bonchev–Trinajstić information content (AvgIpc) is 2.81. The second kappa shape index (κ2) is 9.74. The zero-order chi connectivity index (χ0) is 24.3. The van der Waals surface area contributed by atoms with E-state index in [2.05, 4.69) is 26.1 Å². The van der Waals surface area contributed by atoms with Crippen LogP contribution in [0.15, 0.2) is 78.6 Å². The third-order valence-corrected chi connectivity index (χ3v) is 5.99. The highest BCUT2D eigenvalue weighted by Gasteiger charge is 2.33. The van der Waals surface area contributed by atoms with Crippen molar-refractivity contribution in [2.45, 2.75) is 32.7 Å². The Bertz CT molecular complexity index is 1250. The van der Waals surface area contributed by atoms with Crippen LogP contribution in [0, 0.1) is 0 Å². The van der Waals surface area contributed by atoms with Crippen LogP contribution in [0.3, 0.4) is 0 Å². The Morgan fingerprint density at radius 2 is 1.74 bits per heavy atom. The Morgan fingerprint density at radius 3 is 2.44 bits per heavy atom. The highest BCUT2D eigenvalue weighted by Crippen LogP contribution is 2.39. The molecule has 6 heteroatoms. The van der Waals surface area contributed by atoms with Gasteiger partial charge in [-0.1, -0.05) is 87.0 Å². The summed E-state index contributed by atoms with van der Waals surface area (Å²) in [5, 5.41) is 3.45. The van der Waals surface area contributed by atoms with E-state index in [0.717, 1.165) is 16.7 Å². The first-order chi connectivity index (χ1) is 16.2. The summed E-state index contributed by atoms with van der Waals surface area (Å²) in [6.45, 7) is 6.43. The van der Waals surface area contributed by atoms with Crippen LogP contribution in [0.2, 0.25) is 5.02 Å². The molecule has 0 aromatic heterocycles. The summed E-state index contributed by atoms with van der Waals surface area (Å²) >= 11 is 6.21. The predicted octanol–water partition coefficient (Wildman–Crippen LogP) is 5.72. The molecule has 3 aromatic carbocycles. The number of carbonyl (C=O) groups is 2. The van der Waals surface area contributed by atoms with Crippen LogP contribution in [0.4, 0.5) is 5.69 Å². The summed E-state index contributed by atoms with van der Waals surface area (Å²) in [5.74, 6) is 0.0476. The van der Waals surface area contributed by atoms with Gasteiger partial charge in [-0.15, -0.1) is 0 Å². The summed E-state index contributed by atoms with van der Waals surface area (Å²) in [6.07, 6.45) is 1.69. The molecule has 1 aliphatic heterocycles. The average molecular weight is 475 g/mol. The van der Waals surface area contributed by atoms with Crippen molar-refractivity contribution in [1.29, 1.82) is 0 Å². The molecular weight excluding hydrogens is 448 g/mol. The molecule has 4 rings (SSSR count). The van der Waals surface area contributed by atoms with E-state index in [1.165, 1.54) is 4.90 Å². The molecule has 34 heavy (non-hydrogen) atoms. The topological polar surface area (TPSA) is 58.6 Å². The van der Waals surface area contributed by atoms with E-state index in [4.69, 9.17) is 16.3 Å².